The average molecular weight is 313 g/mol. The molecule has 0 spiro atoms. The number of hydrogen-bond donors (Lipinski definition) is 1. The van der Waals surface area contributed by atoms with Gasteiger partial charge < -0.3 is 14.6 Å². The highest BCUT2D eigenvalue weighted by molar-refractivity contribution is 7.99. The Morgan fingerprint density at radius 2 is 2.14 bits per heavy atom. The molecule has 0 saturated heterocycles. The third-order valence-electron chi connectivity index (χ3n) is 3.79. The van der Waals surface area contributed by atoms with Crippen LogP contribution in [0.15, 0.2) is 11.4 Å². The van der Waals surface area contributed by atoms with E-state index in [1.165, 1.54) is 17.5 Å². The standard InChI is InChI=1S/C15H27N3O2S/c1-6-12(4)17(5)7-8-18-13(11(2)3)9-16-15(18)21-10-14(19)20/h9,11-12H,6-8,10H2,1-5H3,(H,19,20). The monoisotopic (exact) mass is 313 g/mol. The van der Waals surface area contributed by atoms with Crippen molar-refractivity contribution in [2.24, 2.45) is 0 Å². The SMILES string of the molecule is CCC(C)N(C)CCn1c(C(C)C)cnc1SCC(=O)O. The Morgan fingerprint density at radius 1 is 1.48 bits per heavy atom. The summed E-state index contributed by atoms with van der Waals surface area (Å²) in [5, 5.41) is 9.64. The molecule has 120 valence electrons. The molecule has 6 heteroatoms. The van der Waals surface area contributed by atoms with E-state index < -0.39 is 5.97 Å². The third kappa shape index (κ3) is 5.36. The number of rotatable bonds is 9. The molecule has 0 aromatic carbocycles. The van der Waals surface area contributed by atoms with Crippen molar-refractivity contribution in [3.05, 3.63) is 11.9 Å². The van der Waals surface area contributed by atoms with Gasteiger partial charge >= 0.3 is 5.97 Å². The van der Waals surface area contributed by atoms with Gasteiger partial charge in [-0.25, -0.2) is 4.98 Å². The second-order valence-electron chi connectivity index (χ2n) is 5.69. The van der Waals surface area contributed by atoms with E-state index in [4.69, 9.17) is 5.11 Å². The van der Waals surface area contributed by atoms with E-state index in [0.29, 0.717) is 12.0 Å². The fraction of sp³-hybridized carbons (Fsp3) is 0.733. The second-order valence-corrected chi connectivity index (χ2v) is 6.63. The first-order valence-corrected chi connectivity index (χ1v) is 8.45. The van der Waals surface area contributed by atoms with Crippen LogP contribution >= 0.6 is 11.8 Å². The van der Waals surface area contributed by atoms with Crippen molar-refractivity contribution in [2.75, 3.05) is 19.3 Å². The molecule has 1 N–H and O–H groups in total. The quantitative estimate of drug-likeness (QED) is 0.710. The van der Waals surface area contributed by atoms with Crippen LogP contribution in [0.2, 0.25) is 0 Å². The maximum Gasteiger partial charge on any atom is 0.313 e. The zero-order chi connectivity index (χ0) is 16.0. The number of thioether (sulfide) groups is 1. The summed E-state index contributed by atoms with van der Waals surface area (Å²) in [6, 6.07) is 0.547. The number of hydrogen-bond acceptors (Lipinski definition) is 4. The van der Waals surface area contributed by atoms with Gasteiger partial charge in [0.15, 0.2) is 5.16 Å². The fourth-order valence-electron chi connectivity index (χ4n) is 2.09. The number of aliphatic carboxylic acids is 1. The molecule has 0 radical (unpaired) electrons. The Hall–Kier alpha value is -1.01. The van der Waals surface area contributed by atoms with Crippen molar-refractivity contribution in [1.29, 1.82) is 0 Å². The summed E-state index contributed by atoms with van der Waals surface area (Å²) in [5.74, 6) is -0.376. The summed E-state index contributed by atoms with van der Waals surface area (Å²) in [6.45, 7) is 10.5. The van der Waals surface area contributed by atoms with Crippen molar-refractivity contribution in [2.45, 2.75) is 57.8 Å². The number of imidazole rings is 1. The topological polar surface area (TPSA) is 58.4 Å². The molecule has 21 heavy (non-hydrogen) atoms. The van der Waals surface area contributed by atoms with E-state index in [9.17, 15) is 4.79 Å². The van der Waals surface area contributed by atoms with E-state index in [0.717, 1.165) is 24.7 Å². The van der Waals surface area contributed by atoms with Gasteiger partial charge in [0.05, 0.1) is 5.75 Å². The van der Waals surface area contributed by atoms with E-state index in [1.807, 2.05) is 6.20 Å². The first-order valence-electron chi connectivity index (χ1n) is 7.47. The summed E-state index contributed by atoms with van der Waals surface area (Å²) in [4.78, 5) is 17.5. The maximum absolute atomic E-state index is 10.8. The highest BCUT2D eigenvalue weighted by Crippen LogP contribution is 2.23. The van der Waals surface area contributed by atoms with Crippen LogP contribution in [0.25, 0.3) is 0 Å². The molecule has 1 unspecified atom stereocenters. The van der Waals surface area contributed by atoms with Gasteiger partial charge in [-0.3, -0.25) is 4.79 Å². The zero-order valence-electron chi connectivity index (χ0n) is 13.7. The normalized spacial score (nSPS) is 13.1. The minimum Gasteiger partial charge on any atom is -0.481 e. The van der Waals surface area contributed by atoms with E-state index in [1.54, 1.807) is 0 Å². The van der Waals surface area contributed by atoms with Crippen molar-refractivity contribution in [3.63, 3.8) is 0 Å². The summed E-state index contributed by atoms with van der Waals surface area (Å²) < 4.78 is 2.16. The molecule has 1 aromatic heterocycles. The number of nitrogens with zero attached hydrogens (tertiary/aromatic N) is 3. The van der Waals surface area contributed by atoms with Gasteiger partial charge in [0, 0.05) is 31.0 Å². The van der Waals surface area contributed by atoms with Crippen LogP contribution in [-0.4, -0.2) is 50.9 Å². The van der Waals surface area contributed by atoms with Gasteiger partial charge in [0.2, 0.25) is 0 Å². The molecule has 1 atom stereocenters. The van der Waals surface area contributed by atoms with Crippen LogP contribution in [0, 0.1) is 0 Å². The molecule has 0 amide bonds. The smallest absolute Gasteiger partial charge is 0.313 e. The van der Waals surface area contributed by atoms with Gasteiger partial charge in [-0.05, 0) is 26.3 Å². The van der Waals surface area contributed by atoms with E-state index in [-0.39, 0.29) is 5.75 Å². The van der Waals surface area contributed by atoms with Gasteiger partial charge in [-0.1, -0.05) is 32.5 Å². The molecule has 0 aliphatic rings. The molecular formula is C15H27N3O2S. The zero-order valence-corrected chi connectivity index (χ0v) is 14.5. The van der Waals surface area contributed by atoms with Crippen molar-refractivity contribution < 1.29 is 9.90 Å². The highest BCUT2D eigenvalue weighted by atomic mass is 32.2. The van der Waals surface area contributed by atoms with Gasteiger partial charge in [-0.2, -0.15) is 0 Å². The Kier molecular flexibility index (Phi) is 7.25. The van der Waals surface area contributed by atoms with Gasteiger partial charge in [0.1, 0.15) is 0 Å². The minimum atomic E-state index is -0.808. The van der Waals surface area contributed by atoms with Crippen LogP contribution in [0.3, 0.4) is 0 Å². The van der Waals surface area contributed by atoms with E-state index in [2.05, 4.69) is 49.2 Å². The predicted molar refractivity (Wildman–Crippen MR) is 87.1 cm³/mol. The van der Waals surface area contributed by atoms with Crippen molar-refractivity contribution in [3.8, 4) is 0 Å². The number of aromatic nitrogens is 2. The van der Waals surface area contributed by atoms with Gasteiger partial charge in [-0.15, -0.1) is 0 Å². The van der Waals surface area contributed by atoms with Crippen LogP contribution in [0.1, 0.15) is 45.7 Å². The van der Waals surface area contributed by atoms with E-state index >= 15 is 0 Å². The summed E-state index contributed by atoms with van der Waals surface area (Å²) in [7, 11) is 2.13. The molecule has 1 rings (SSSR count). The number of likely N-dealkylation sites (N-methyl/N-ethyl adjacent to an activating group) is 1. The first kappa shape index (κ1) is 18.0. The summed E-state index contributed by atoms with van der Waals surface area (Å²) in [5.41, 5.74) is 1.17. The molecule has 0 saturated carbocycles. The fourth-order valence-corrected chi connectivity index (χ4v) is 2.82. The Labute approximate surface area is 131 Å². The van der Waals surface area contributed by atoms with Crippen LogP contribution in [0.5, 0.6) is 0 Å². The van der Waals surface area contributed by atoms with Crippen LogP contribution in [0.4, 0.5) is 0 Å². The molecule has 5 nitrogen and oxygen atoms in total. The summed E-state index contributed by atoms with van der Waals surface area (Å²) in [6.07, 6.45) is 3.00. The Balaban J connectivity index is 2.80. The number of carbonyl (C=O) groups is 1. The third-order valence-corrected chi connectivity index (χ3v) is 4.76. The Morgan fingerprint density at radius 3 is 2.67 bits per heavy atom. The largest absolute Gasteiger partial charge is 0.481 e. The maximum atomic E-state index is 10.8. The first-order chi connectivity index (χ1) is 9.86. The van der Waals surface area contributed by atoms with Crippen LogP contribution < -0.4 is 0 Å². The molecule has 0 aliphatic carbocycles. The Bertz CT molecular complexity index is 460. The molecule has 1 aromatic rings. The predicted octanol–water partition coefficient (Wildman–Crippen LogP) is 2.91. The highest BCUT2D eigenvalue weighted by Gasteiger charge is 2.15. The van der Waals surface area contributed by atoms with Crippen LogP contribution in [-0.2, 0) is 11.3 Å². The lowest BCUT2D eigenvalue weighted by Gasteiger charge is -2.24. The van der Waals surface area contributed by atoms with Crippen molar-refractivity contribution in [1.82, 2.24) is 14.5 Å². The number of carboxylic acid groups (broad SMARTS) is 1. The lowest BCUT2D eigenvalue weighted by atomic mass is 10.1. The molecule has 0 fully saturated rings. The lowest BCUT2D eigenvalue weighted by molar-refractivity contribution is -0.133. The summed E-state index contributed by atoms with van der Waals surface area (Å²) >= 11 is 1.29. The molecular weight excluding hydrogens is 286 g/mol. The molecule has 1 heterocycles. The van der Waals surface area contributed by atoms with Gasteiger partial charge in [0.25, 0.3) is 0 Å². The molecule has 0 aliphatic heterocycles. The minimum absolute atomic E-state index is 0.0513. The average Bonchev–Trinajstić information content (AvgIpc) is 2.84. The lowest BCUT2D eigenvalue weighted by Crippen LogP contribution is -2.32. The molecule has 0 bridgehead atoms. The second kappa shape index (κ2) is 8.44. The number of carboxylic acids is 1. The van der Waals surface area contributed by atoms with Crippen molar-refractivity contribution >= 4 is 17.7 Å².